The number of alkyl halides is 1. The van der Waals surface area contributed by atoms with Crippen molar-refractivity contribution in [3.63, 3.8) is 0 Å². The van der Waals surface area contributed by atoms with Crippen molar-refractivity contribution >= 4 is 43.2 Å². The first-order valence-corrected chi connectivity index (χ1v) is 9.82. The number of nitrogens with zero attached hydrogens (tertiary/aromatic N) is 1. The number of sulfonamides is 1. The van der Waals surface area contributed by atoms with Gasteiger partial charge in [-0.25, -0.2) is 8.42 Å². The van der Waals surface area contributed by atoms with Crippen LogP contribution in [-0.4, -0.2) is 25.5 Å². The molecule has 3 rings (SSSR count). The fraction of sp³-hybridized carbons (Fsp3) is 0.267. The van der Waals surface area contributed by atoms with Crippen LogP contribution >= 0.6 is 15.9 Å². The number of aryl methyl sites for hydroxylation is 1. The molecule has 0 saturated heterocycles. The Bertz CT molecular complexity index is 818. The Morgan fingerprint density at radius 1 is 1.35 bits per heavy atom. The Labute approximate surface area is 142 Å². The van der Waals surface area contributed by atoms with Crippen LogP contribution in [0, 0.1) is 0 Å². The van der Waals surface area contributed by atoms with Gasteiger partial charge in [0.2, 0.25) is 10.0 Å². The maximum atomic E-state index is 12.5. The van der Waals surface area contributed by atoms with Crippen LogP contribution in [0.25, 0.3) is 0 Å². The van der Waals surface area contributed by atoms with Crippen LogP contribution in [0.3, 0.4) is 0 Å². The van der Waals surface area contributed by atoms with Gasteiger partial charge in [-0.05, 0) is 48.7 Å². The van der Waals surface area contributed by atoms with Crippen molar-refractivity contribution in [2.24, 2.45) is 0 Å². The molecule has 0 unspecified atom stereocenters. The maximum absolute atomic E-state index is 12.5. The van der Waals surface area contributed by atoms with Gasteiger partial charge in [0, 0.05) is 17.9 Å². The van der Waals surface area contributed by atoms with Crippen molar-refractivity contribution in [2.45, 2.75) is 12.8 Å². The molecule has 1 amide bonds. The normalized spacial score (nSPS) is 14.4. The predicted octanol–water partition coefficient (Wildman–Crippen LogP) is 2.97. The molecule has 0 bridgehead atoms. The van der Waals surface area contributed by atoms with E-state index in [0.29, 0.717) is 18.0 Å². The fourth-order valence-corrected chi connectivity index (χ4v) is 3.50. The van der Waals surface area contributed by atoms with E-state index in [-0.39, 0.29) is 10.6 Å². The average Bonchev–Trinajstić information content (AvgIpc) is 3.07. The van der Waals surface area contributed by atoms with Crippen molar-refractivity contribution in [1.82, 2.24) is 0 Å². The quantitative estimate of drug-likeness (QED) is 0.802. The van der Waals surface area contributed by atoms with E-state index in [1.807, 2.05) is 0 Å². The highest BCUT2D eigenvalue weighted by atomic mass is 79.9. The number of hydrogen-bond donors (Lipinski definition) is 1. The summed E-state index contributed by atoms with van der Waals surface area (Å²) >= 11 is 2.94. The van der Waals surface area contributed by atoms with Gasteiger partial charge in [0.05, 0.1) is 6.26 Å². The molecule has 0 atom stereocenters. The molecular weight excluding hydrogens is 384 g/mol. The van der Waals surface area contributed by atoms with Crippen molar-refractivity contribution in [3.8, 4) is 0 Å². The first-order chi connectivity index (χ1) is 11.0. The standard InChI is InChI=1S/C15H15BrN2O4S/c16-10-23(20,21)17-12-5-6-13-11(9-12)3-1-7-18(13)15(19)14-4-2-8-22-14/h2,4-6,8-9,17H,1,3,7,10H2. The van der Waals surface area contributed by atoms with Crippen molar-refractivity contribution in [3.05, 3.63) is 47.9 Å². The summed E-state index contributed by atoms with van der Waals surface area (Å²) in [4.78, 5) is 14.2. The van der Waals surface area contributed by atoms with E-state index in [0.717, 1.165) is 24.1 Å². The summed E-state index contributed by atoms with van der Waals surface area (Å²) in [6, 6.07) is 8.51. The van der Waals surface area contributed by atoms with Crippen LogP contribution in [-0.2, 0) is 16.4 Å². The molecule has 0 fully saturated rings. The van der Waals surface area contributed by atoms with Gasteiger partial charge >= 0.3 is 0 Å². The van der Waals surface area contributed by atoms with Crippen LogP contribution in [0.4, 0.5) is 11.4 Å². The van der Waals surface area contributed by atoms with E-state index in [1.54, 1.807) is 35.2 Å². The van der Waals surface area contributed by atoms with Crippen LogP contribution < -0.4 is 9.62 Å². The number of furan rings is 1. The number of nitrogens with one attached hydrogen (secondary N) is 1. The summed E-state index contributed by atoms with van der Waals surface area (Å²) in [6.45, 7) is 0.610. The van der Waals surface area contributed by atoms with Crippen LogP contribution in [0.2, 0.25) is 0 Å². The van der Waals surface area contributed by atoms with E-state index < -0.39 is 10.0 Å². The second-order valence-electron chi connectivity index (χ2n) is 5.21. The van der Waals surface area contributed by atoms with E-state index in [9.17, 15) is 13.2 Å². The number of carbonyl (C=O) groups is 1. The highest BCUT2D eigenvalue weighted by Crippen LogP contribution is 2.31. The molecule has 122 valence electrons. The highest BCUT2D eigenvalue weighted by molar-refractivity contribution is 9.10. The number of anilines is 2. The number of carbonyl (C=O) groups excluding carboxylic acids is 1. The predicted molar refractivity (Wildman–Crippen MR) is 91.5 cm³/mol. The van der Waals surface area contributed by atoms with Gasteiger partial charge in [-0.1, -0.05) is 15.9 Å². The molecule has 1 N–H and O–H groups in total. The summed E-state index contributed by atoms with van der Waals surface area (Å²) in [5.74, 6) is 0.103. The molecule has 0 spiro atoms. The lowest BCUT2D eigenvalue weighted by molar-refractivity contribution is 0.0958. The molecule has 1 aromatic heterocycles. The number of amides is 1. The van der Waals surface area contributed by atoms with E-state index in [1.165, 1.54) is 6.26 Å². The highest BCUT2D eigenvalue weighted by Gasteiger charge is 2.25. The Morgan fingerprint density at radius 3 is 2.87 bits per heavy atom. The van der Waals surface area contributed by atoms with E-state index in [4.69, 9.17) is 4.42 Å². The Balaban J connectivity index is 1.90. The first-order valence-electron chi connectivity index (χ1n) is 7.05. The molecule has 0 radical (unpaired) electrons. The van der Waals surface area contributed by atoms with Crippen LogP contribution in [0.15, 0.2) is 41.0 Å². The van der Waals surface area contributed by atoms with Gasteiger partial charge in [0.25, 0.3) is 5.91 Å². The summed E-state index contributed by atoms with van der Waals surface area (Å²) < 4.78 is 30.8. The zero-order chi connectivity index (χ0) is 16.4. The molecule has 6 nitrogen and oxygen atoms in total. The lowest BCUT2D eigenvalue weighted by Gasteiger charge is -2.29. The number of fused-ring (bicyclic) bond motifs is 1. The lowest BCUT2D eigenvalue weighted by atomic mass is 10.0. The van der Waals surface area contributed by atoms with Gasteiger partial charge in [0.1, 0.15) is 4.66 Å². The molecule has 1 aliphatic rings. The number of halogens is 1. The molecule has 2 heterocycles. The second kappa shape index (κ2) is 6.37. The smallest absolute Gasteiger partial charge is 0.293 e. The number of hydrogen-bond acceptors (Lipinski definition) is 4. The maximum Gasteiger partial charge on any atom is 0.293 e. The molecular formula is C15H15BrN2O4S. The molecule has 1 aliphatic heterocycles. The molecule has 8 heteroatoms. The third kappa shape index (κ3) is 3.42. The monoisotopic (exact) mass is 398 g/mol. The second-order valence-corrected chi connectivity index (χ2v) is 8.23. The largest absolute Gasteiger partial charge is 0.459 e. The zero-order valence-electron chi connectivity index (χ0n) is 12.2. The Hall–Kier alpha value is -1.80. The van der Waals surface area contributed by atoms with E-state index >= 15 is 0 Å². The Kier molecular flexibility index (Phi) is 4.45. The molecule has 23 heavy (non-hydrogen) atoms. The topological polar surface area (TPSA) is 79.6 Å². The molecule has 0 saturated carbocycles. The van der Waals surface area contributed by atoms with Gasteiger partial charge in [-0.3, -0.25) is 9.52 Å². The van der Waals surface area contributed by atoms with Gasteiger partial charge in [-0.15, -0.1) is 0 Å². The fourth-order valence-electron chi connectivity index (χ4n) is 2.61. The average molecular weight is 399 g/mol. The molecule has 1 aromatic carbocycles. The molecule has 0 aliphatic carbocycles. The van der Waals surface area contributed by atoms with Crippen LogP contribution in [0.5, 0.6) is 0 Å². The zero-order valence-corrected chi connectivity index (χ0v) is 14.6. The minimum absolute atomic E-state index is 0.166. The van der Waals surface area contributed by atoms with Gasteiger partial charge in [-0.2, -0.15) is 0 Å². The van der Waals surface area contributed by atoms with Crippen molar-refractivity contribution < 1.29 is 17.6 Å². The summed E-state index contributed by atoms with van der Waals surface area (Å²) in [5, 5.41) is 0. The van der Waals surface area contributed by atoms with E-state index in [2.05, 4.69) is 20.7 Å². The third-order valence-electron chi connectivity index (χ3n) is 3.59. The summed E-state index contributed by atoms with van der Waals surface area (Å²) in [6.07, 6.45) is 3.07. The van der Waals surface area contributed by atoms with Crippen molar-refractivity contribution in [1.29, 1.82) is 0 Å². The minimum atomic E-state index is -3.39. The Morgan fingerprint density at radius 2 is 2.17 bits per heavy atom. The van der Waals surface area contributed by atoms with Crippen molar-refractivity contribution in [2.75, 3.05) is 20.8 Å². The number of benzene rings is 1. The third-order valence-corrected chi connectivity index (χ3v) is 6.23. The van der Waals surface area contributed by atoms with Gasteiger partial charge < -0.3 is 9.32 Å². The minimum Gasteiger partial charge on any atom is -0.459 e. The van der Waals surface area contributed by atoms with Gasteiger partial charge in [0.15, 0.2) is 5.76 Å². The molecule has 2 aromatic rings. The first kappa shape index (κ1) is 16.1. The van der Waals surface area contributed by atoms with Crippen LogP contribution in [0.1, 0.15) is 22.5 Å². The summed E-state index contributed by atoms with van der Waals surface area (Å²) in [5.41, 5.74) is 2.22. The lowest BCUT2D eigenvalue weighted by Crippen LogP contribution is -2.35. The SMILES string of the molecule is O=C(c1ccco1)N1CCCc2cc(NS(=O)(=O)CBr)ccc21. The number of rotatable bonds is 4. The summed E-state index contributed by atoms with van der Waals surface area (Å²) in [7, 11) is -3.39.